The lowest BCUT2D eigenvalue weighted by Crippen LogP contribution is -2.38. The second-order valence-electron chi connectivity index (χ2n) is 4.89. The number of hydrogen-bond acceptors (Lipinski definition) is 3. The number of anilines is 1. The van der Waals surface area contributed by atoms with Crippen LogP contribution >= 0.6 is 35.2 Å². The van der Waals surface area contributed by atoms with Crippen molar-refractivity contribution in [3.63, 3.8) is 0 Å². The molecule has 0 saturated carbocycles. The van der Waals surface area contributed by atoms with Gasteiger partial charge in [-0.25, -0.2) is 0 Å². The van der Waals surface area contributed by atoms with Crippen LogP contribution in [-0.2, 0) is 0 Å². The molecule has 0 atom stereocenters. The van der Waals surface area contributed by atoms with E-state index < -0.39 is 0 Å². The lowest BCUT2D eigenvalue weighted by molar-refractivity contribution is -0.575. The number of hydrogen-bond donors (Lipinski definition) is 2. The standard InChI is InChI=1S/C18H13ClN2OS2/c19-13-7-2-3-8-14(13)20-18(23)16(21-10-4-1-5-11-21)17(22)15-9-6-12-24-15/h1-12H,(H-,20,22,23)/p+1. The first kappa shape index (κ1) is 16.6. The van der Waals surface area contributed by atoms with Crippen LogP contribution in [0.1, 0.15) is 4.88 Å². The van der Waals surface area contributed by atoms with Crippen LogP contribution in [-0.4, -0.2) is 10.1 Å². The van der Waals surface area contributed by atoms with E-state index in [-0.39, 0.29) is 5.76 Å². The largest absolute Gasteiger partial charge is 0.501 e. The molecular weight excluding hydrogens is 360 g/mol. The highest BCUT2D eigenvalue weighted by Crippen LogP contribution is 2.25. The maximum atomic E-state index is 10.7. The highest BCUT2D eigenvalue weighted by atomic mass is 35.5. The molecule has 3 nitrogen and oxygen atoms in total. The van der Waals surface area contributed by atoms with E-state index >= 15 is 0 Å². The predicted molar refractivity (Wildman–Crippen MR) is 104 cm³/mol. The molecule has 0 saturated heterocycles. The van der Waals surface area contributed by atoms with E-state index in [1.807, 2.05) is 66.3 Å². The topological polar surface area (TPSA) is 36.1 Å². The lowest BCUT2D eigenvalue weighted by Gasteiger charge is -2.10. The summed E-state index contributed by atoms with van der Waals surface area (Å²) in [6.45, 7) is 0. The molecule has 24 heavy (non-hydrogen) atoms. The first-order valence-corrected chi connectivity index (χ1v) is 8.83. The zero-order valence-corrected chi connectivity index (χ0v) is 14.9. The molecule has 3 aromatic rings. The number of thiophene rings is 1. The van der Waals surface area contributed by atoms with Gasteiger partial charge in [-0.3, -0.25) is 0 Å². The van der Waals surface area contributed by atoms with Crippen molar-refractivity contribution in [1.82, 2.24) is 0 Å². The van der Waals surface area contributed by atoms with Crippen molar-refractivity contribution < 1.29 is 9.67 Å². The van der Waals surface area contributed by atoms with Crippen molar-refractivity contribution in [1.29, 1.82) is 0 Å². The van der Waals surface area contributed by atoms with Crippen LogP contribution in [0.3, 0.4) is 0 Å². The van der Waals surface area contributed by atoms with Crippen molar-refractivity contribution in [3.8, 4) is 0 Å². The third-order valence-electron chi connectivity index (χ3n) is 3.29. The number of aromatic nitrogens is 1. The molecule has 1 aromatic carbocycles. The van der Waals surface area contributed by atoms with E-state index in [1.54, 1.807) is 10.6 Å². The van der Waals surface area contributed by atoms with E-state index in [0.29, 0.717) is 21.4 Å². The highest BCUT2D eigenvalue weighted by molar-refractivity contribution is 7.81. The van der Waals surface area contributed by atoms with Crippen molar-refractivity contribution in [3.05, 3.63) is 82.3 Å². The number of pyridine rings is 1. The van der Waals surface area contributed by atoms with Gasteiger partial charge in [0.2, 0.25) is 5.76 Å². The summed E-state index contributed by atoms with van der Waals surface area (Å²) in [5.74, 6) is 0.116. The number of para-hydroxylation sites is 1. The summed E-state index contributed by atoms with van der Waals surface area (Å²) in [6, 6.07) is 16.7. The van der Waals surface area contributed by atoms with Crippen molar-refractivity contribution in [2.45, 2.75) is 0 Å². The summed E-state index contributed by atoms with van der Waals surface area (Å²) in [6.07, 6.45) is 3.67. The Morgan fingerprint density at radius 2 is 1.79 bits per heavy atom. The normalized spacial score (nSPS) is 11.7. The fraction of sp³-hybridized carbons (Fsp3) is 0. The van der Waals surface area contributed by atoms with Gasteiger partial charge in [0.15, 0.2) is 17.4 Å². The zero-order valence-electron chi connectivity index (χ0n) is 12.5. The summed E-state index contributed by atoms with van der Waals surface area (Å²) in [7, 11) is 0. The smallest absolute Gasteiger partial charge is 0.289 e. The van der Waals surface area contributed by atoms with Crippen LogP contribution in [0.25, 0.3) is 11.5 Å². The summed E-state index contributed by atoms with van der Waals surface area (Å²) < 4.78 is 1.78. The number of benzene rings is 1. The van der Waals surface area contributed by atoms with Gasteiger partial charge < -0.3 is 10.4 Å². The van der Waals surface area contributed by atoms with Crippen LogP contribution in [0.4, 0.5) is 5.69 Å². The number of nitrogens with zero attached hydrogens (tertiary/aromatic N) is 1. The van der Waals surface area contributed by atoms with Gasteiger partial charge in [-0.15, -0.1) is 11.3 Å². The molecule has 6 heteroatoms. The Bertz CT molecular complexity index is 877. The molecule has 0 unspecified atom stereocenters. The summed E-state index contributed by atoms with van der Waals surface area (Å²) in [5, 5.41) is 16.3. The highest BCUT2D eigenvalue weighted by Gasteiger charge is 2.24. The molecule has 2 N–H and O–H groups in total. The van der Waals surface area contributed by atoms with Crippen LogP contribution in [0.15, 0.2) is 72.4 Å². The fourth-order valence-corrected chi connectivity index (χ4v) is 3.33. The number of rotatable bonds is 4. The van der Waals surface area contributed by atoms with Crippen LogP contribution < -0.4 is 9.88 Å². The molecule has 0 aliphatic heterocycles. The van der Waals surface area contributed by atoms with Gasteiger partial charge in [-0.05, 0) is 23.6 Å². The average Bonchev–Trinajstić information content (AvgIpc) is 3.13. The molecule has 0 fully saturated rings. The van der Waals surface area contributed by atoms with Gasteiger partial charge in [0.05, 0.1) is 15.6 Å². The molecule has 3 rings (SSSR count). The molecule has 0 bridgehead atoms. The Labute approximate surface area is 154 Å². The van der Waals surface area contributed by atoms with Crippen LogP contribution in [0.5, 0.6) is 0 Å². The second kappa shape index (κ2) is 7.57. The number of aliphatic hydroxyl groups is 1. The van der Waals surface area contributed by atoms with Crippen LogP contribution in [0, 0.1) is 0 Å². The molecule has 0 amide bonds. The van der Waals surface area contributed by atoms with Gasteiger partial charge in [0.1, 0.15) is 0 Å². The number of nitrogens with one attached hydrogen (secondary N) is 1. The van der Waals surface area contributed by atoms with E-state index in [1.165, 1.54) is 11.3 Å². The molecule has 0 spiro atoms. The minimum Gasteiger partial charge on any atom is -0.501 e. The Morgan fingerprint density at radius 1 is 1.04 bits per heavy atom. The molecule has 0 radical (unpaired) electrons. The monoisotopic (exact) mass is 373 g/mol. The number of aliphatic hydroxyl groups excluding tert-OH is 1. The Morgan fingerprint density at radius 3 is 2.46 bits per heavy atom. The molecule has 0 aliphatic carbocycles. The molecule has 2 heterocycles. The zero-order chi connectivity index (χ0) is 16.9. The van der Waals surface area contributed by atoms with E-state index in [0.717, 1.165) is 4.88 Å². The molecule has 0 aliphatic rings. The van der Waals surface area contributed by atoms with Gasteiger partial charge in [0.25, 0.3) is 5.70 Å². The quantitative estimate of drug-likeness (QED) is 0.292. The summed E-state index contributed by atoms with van der Waals surface area (Å²) >= 11 is 13.2. The first-order chi connectivity index (χ1) is 11.7. The van der Waals surface area contributed by atoms with Gasteiger partial charge >= 0.3 is 0 Å². The van der Waals surface area contributed by atoms with E-state index in [9.17, 15) is 5.11 Å². The number of thiocarbonyl (C=S) groups is 1. The SMILES string of the molecule is OC(=C(C(=S)Nc1ccccc1Cl)[n+]1ccccc1)c1cccs1. The minimum atomic E-state index is 0.116. The second-order valence-corrected chi connectivity index (χ2v) is 6.65. The van der Waals surface area contributed by atoms with Crippen LogP contribution in [0.2, 0.25) is 5.02 Å². The van der Waals surface area contributed by atoms with E-state index in [4.69, 9.17) is 23.8 Å². The predicted octanol–water partition coefficient (Wildman–Crippen LogP) is 5.01. The molecule has 2 aromatic heterocycles. The molecule has 120 valence electrons. The molecular formula is C18H14ClN2OS2+. The fourth-order valence-electron chi connectivity index (χ4n) is 2.17. The third kappa shape index (κ3) is 3.64. The third-order valence-corrected chi connectivity index (χ3v) is 4.79. The van der Waals surface area contributed by atoms with Crippen molar-refractivity contribution >= 4 is 57.3 Å². The maximum Gasteiger partial charge on any atom is 0.289 e. The Kier molecular flexibility index (Phi) is 5.25. The minimum absolute atomic E-state index is 0.116. The number of halogens is 1. The van der Waals surface area contributed by atoms with Gasteiger partial charge in [0, 0.05) is 12.1 Å². The van der Waals surface area contributed by atoms with Gasteiger partial charge in [-0.1, -0.05) is 48.1 Å². The van der Waals surface area contributed by atoms with Gasteiger partial charge in [-0.2, -0.15) is 4.57 Å². The Balaban J connectivity index is 2.04. The maximum absolute atomic E-state index is 10.7. The average molecular weight is 374 g/mol. The summed E-state index contributed by atoms with van der Waals surface area (Å²) in [4.78, 5) is 1.12. The first-order valence-electron chi connectivity index (χ1n) is 7.16. The van der Waals surface area contributed by atoms with E-state index in [2.05, 4.69) is 5.32 Å². The van der Waals surface area contributed by atoms with Crippen molar-refractivity contribution in [2.75, 3.05) is 5.32 Å². The lowest BCUT2D eigenvalue weighted by atomic mass is 10.2. The Hall–Kier alpha value is -2.21. The van der Waals surface area contributed by atoms with Crippen molar-refractivity contribution in [2.24, 2.45) is 0 Å². The summed E-state index contributed by atoms with van der Waals surface area (Å²) in [5.41, 5.74) is 1.19.